The van der Waals surface area contributed by atoms with Gasteiger partial charge in [0.15, 0.2) is 0 Å². The van der Waals surface area contributed by atoms with Gasteiger partial charge in [-0.3, -0.25) is 0 Å². The van der Waals surface area contributed by atoms with Gasteiger partial charge in [0.05, 0.1) is 0 Å². The Bertz CT molecular complexity index is 524. The molecule has 0 saturated heterocycles. The summed E-state index contributed by atoms with van der Waals surface area (Å²) in [6, 6.07) is 0. The molecule has 0 aliphatic heterocycles. The van der Waals surface area contributed by atoms with Crippen LogP contribution in [0, 0.1) is 0 Å². The molecule has 0 fully saturated rings. The van der Waals surface area contributed by atoms with Crippen molar-refractivity contribution >= 4 is 11.9 Å². The second-order valence-corrected chi connectivity index (χ2v) is 11.4. The maximum atomic E-state index is 10.2. The van der Waals surface area contributed by atoms with Gasteiger partial charge in [-0.1, -0.05) is 141 Å². The number of carboxylic acids is 2. The average Bonchev–Trinajstić information content (AvgIpc) is 2.93. The summed E-state index contributed by atoms with van der Waals surface area (Å²) in [4.78, 5) is 20.4. The van der Waals surface area contributed by atoms with E-state index in [1.807, 2.05) is 0 Å². The third kappa shape index (κ3) is 49.0. The molecule has 0 heterocycles. The first-order valence-corrected chi connectivity index (χ1v) is 17.2. The SMILES string of the molecule is CCCCCCCCC=CCCCCCCCC(=O)[O-].CCCCCCCCC=CCCCCCCCC(=O)[O-].[Cu+2]. The predicted molar refractivity (Wildman–Crippen MR) is 169 cm³/mol. The number of carbonyl (C=O) groups excluding carboxylic acids is 2. The van der Waals surface area contributed by atoms with Gasteiger partial charge in [0.25, 0.3) is 0 Å². The van der Waals surface area contributed by atoms with Gasteiger partial charge in [-0.2, -0.15) is 0 Å². The Morgan fingerprint density at radius 3 is 0.854 bits per heavy atom. The Labute approximate surface area is 266 Å². The summed E-state index contributed by atoms with van der Waals surface area (Å²) < 4.78 is 0. The van der Waals surface area contributed by atoms with Crippen molar-refractivity contribution < 1.29 is 36.9 Å². The molecule has 0 amide bonds. The third-order valence-electron chi connectivity index (χ3n) is 7.29. The van der Waals surface area contributed by atoms with Gasteiger partial charge in [-0.15, -0.1) is 0 Å². The van der Waals surface area contributed by atoms with Crippen molar-refractivity contribution in [1.29, 1.82) is 0 Å². The Morgan fingerprint density at radius 2 is 0.610 bits per heavy atom. The normalized spacial score (nSPS) is 11.0. The number of carbonyl (C=O) groups is 2. The minimum absolute atomic E-state index is 0. The molecule has 41 heavy (non-hydrogen) atoms. The quantitative estimate of drug-likeness (QED) is 0.0452. The van der Waals surface area contributed by atoms with Crippen molar-refractivity contribution in [3.63, 3.8) is 0 Å². The monoisotopic (exact) mass is 625 g/mol. The van der Waals surface area contributed by atoms with Crippen LogP contribution in [0.25, 0.3) is 0 Å². The smallest absolute Gasteiger partial charge is 0.550 e. The molecule has 0 bridgehead atoms. The van der Waals surface area contributed by atoms with Gasteiger partial charge in [-0.05, 0) is 77.0 Å². The molecular formula is C36H66CuO4. The van der Waals surface area contributed by atoms with Gasteiger partial charge in [-0.25, -0.2) is 0 Å². The fraction of sp³-hybridized carbons (Fsp3) is 0.833. The van der Waals surface area contributed by atoms with Gasteiger partial charge >= 0.3 is 17.1 Å². The second-order valence-electron chi connectivity index (χ2n) is 11.4. The van der Waals surface area contributed by atoms with E-state index >= 15 is 0 Å². The van der Waals surface area contributed by atoms with E-state index in [4.69, 9.17) is 0 Å². The topological polar surface area (TPSA) is 80.3 Å². The zero-order valence-corrected chi connectivity index (χ0v) is 28.0. The van der Waals surface area contributed by atoms with Gasteiger partial charge < -0.3 is 19.8 Å². The standard InChI is InChI=1S/2C18H34O2.Cu/c2*1-2-3-4-5-6-7-8-9-10-11-12-13-14-15-16-17-18(19)20;/h2*9-10H,2-8,11-17H2,1H3,(H,19,20);/q;;+2/p-2. The van der Waals surface area contributed by atoms with E-state index in [0.717, 1.165) is 38.5 Å². The van der Waals surface area contributed by atoms with Crippen LogP contribution in [0.15, 0.2) is 24.3 Å². The zero-order chi connectivity index (χ0) is 29.8. The van der Waals surface area contributed by atoms with Crippen LogP contribution < -0.4 is 10.2 Å². The van der Waals surface area contributed by atoms with Crippen LogP contribution in [-0.2, 0) is 26.7 Å². The van der Waals surface area contributed by atoms with E-state index < -0.39 is 11.9 Å². The fourth-order valence-electron chi connectivity index (χ4n) is 4.68. The Balaban J connectivity index is -0.000000688. The van der Waals surface area contributed by atoms with Crippen molar-refractivity contribution in [2.75, 3.05) is 0 Å². The number of allylic oxidation sites excluding steroid dienone is 4. The van der Waals surface area contributed by atoms with E-state index in [1.165, 1.54) is 128 Å². The van der Waals surface area contributed by atoms with Crippen molar-refractivity contribution in [3.05, 3.63) is 24.3 Å². The molecule has 4 nitrogen and oxygen atoms in total. The molecule has 0 spiro atoms. The van der Waals surface area contributed by atoms with Crippen molar-refractivity contribution in [2.45, 2.75) is 194 Å². The van der Waals surface area contributed by atoms with Crippen LogP contribution in [0.2, 0.25) is 0 Å². The summed E-state index contributed by atoms with van der Waals surface area (Å²) in [5, 5.41) is 20.4. The number of hydrogen-bond acceptors (Lipinski definition) is 4. The first kappa shape index (κ1) is 44.4. The van der Waals surface area contributed by atoms with E-state index in [1.54, 1.807) is 0 Å². The molecular weight excluding hydrogens is 560 g/mol. The number of unbranched alkanes of at least 4 members (excludes halogenated alkanes) is 22. The Morgan fingerprint density at radius 1 is 0.390 bits per heavy atom. The molecule has 0 aromatic rings. The van der Waals surface area contributed by atoms with E-state index in [9.17, 15) is 19.8 Å². The number of aliphatic carboxylic acids is 2. The second kappa shape index (κ2) is 41.1. The molecule has 5 heteroatoms. The molecule has 245 valence electrons. The van der Waals surface area contributed by atoms with Gasteiger partial charge in [0, 0.05) is 11.9 Å². The minimum Gasteiger partial charge on any atom is -0.550 e. The van der Waals surface area contributed by atoms with Crippen molar-refractivity contribution in [1.82, 2.24) is 0 Å². The number of rotatable bonds is 30. The maximum Gasteiger partial charge on any atom is 2.00 e. The zero-order valence-electron chi connectivity index (χ0n) is 27.0. The molecule has 0 aliphatic carbocycles. The number of hydrogen-bond donors (Lipinski definition) is 0. The summed E-state index contributed by atoms with van der Waals surface area (Å²) >= 11 is 0. The maximum absolute atomic E-state index is 10.2. The summed E-state index contributed by atoms with van der Waals surface area (Å²) in [7, 11) is 0. The van der Waals surface area contributed by atoms with Crippen molar-refractivity contribution in [2.24, 2.45) is 0 Å². The van der Waals surface area contributed by atoms with E-state index in [0.29, 0.717) is 0 Å². The predicted octanol–water partition coefficient (Wildman–Crippen LogP) is 9.55. The molecule has 1 radical (unpaired) electrons. The molecule has 0 unspecified atom stereocenters. The summed E-state index contributed by atoms with van der Waals surface area (Å²) in [6.45, 7) is 4.51. The van der Waals surface area contributed by atoms with Gasteiger partial charge in [0.2, 0.25) is 0 Å². The summed E-state index contributed by atoms with van der Waals surface area (Å²) in [6.07, 6.45) is 41.8. The van der Waals surface area contributed by atoms with Crippen LogP contribution in [0.1, 0.15) is 194 Å². The Kier molecular flexibility index (Phi) is 44.5. The summed E-state index contributed by atoms with van der Waals surface area (Å²) in [5.74, 6) is -1.83. The Hall–Kier alpha value is -1.06. The molecule has 0 aromatic carbocycles. The minimum atomic E-state index is -0.914. The molecule has 0 rings (SSSR count). The van der Waals surface area contributed by atoms with Crippen LogP contribution in [0.3, 0.4) is 0 Å². The summed E-state index contributed by atoms with van der Waals surface area (Å²) in [5.41, 5.74) is 0. The van der Waals surface area contributed by atoms with Gasteiger partial charge in [0.1, 0.15) is 0 Å². The molecule has 0 atom stereocenters. The van der Waals surface area contributed by atoms with Crippen LogP contribution >= 0.6 is 0 Å². The number of carboxylic acid groups (broad SMARTS) is 2. The van der Waals surface area contributed by atoms with Crippen LogP contribution in [0.4, 0.5) is 0 Å². The molecule has 0 saturated carbocycles. The fourth-order valence-corrected chi connectivity index (χ4v) is 4.68. The first-order chi connectivity index (χ1) is 19.5. The molecule has 0 aliphatic rings. The average molecular weight is 626 g/mol. The molecule has 0 aromatic heterocycles. The third-order valence-corrected chi connectivity index (χ3v) is 7.29. The molecule has 0 N–H and O–H groups in total. The largest absolute Gasteiger partial charge is 2.00 e. The van der Waals surface area contributed by atoms with E-state index in [2.05, 4.69) is 38.2 Å². The van der Waals surface area contributed by atoms with Crippen molar-refractivity contribution in [3.8, 4) is 0 Å². The first-order valence-electron chi connectivity index (χ1n) is 17.2. The van der Waals surface area contributed by atoms with Crippen LogP contribution in [-0.4, -0.2) is 11.9 Å². The van der Waals surface area contributed by atoms with Crippen LogP contribution in [0.5, 0.6) is 0 Å². The van der Waals surface area contributed by atoms with E-state index in [-0.39, 0.29) is 29.9 Å².